The Kier molecular flexibility index (Phi) is 36.0. The third kappa shape index (κ3) is 25.4. The Morgan fingerprint density at radius 2 is 0.846 bits per heavy atom. The number of carbonyl (C=O) groups excluding carboxylic acids is 2. The molecular formula is C107H122Cl2N20O11S3. The quantitative estimate of drug-likeness (QED) is 0.0180. The van der Waals surface area contributed by atoms with E-state index in [1.165, 1.54) is 18.9 Å². The van der Waals surface area contributed by atoms with Crippen molar-refractivity contribution in [3.63, 3.8) is 0 Å². The second-order valence-corrected chi connectivity index (χ2v) is 41.1. The fourth-order valence-electron chi connectivity index (χ4n) is 18.4. The van der Waals surface area contributed by atoms with Gasteiger partial charge >= 0.3 is 67.7 Å². The van der Waals surface area contributed by atoms with Gasteiger partial charge in [-0.25, -0.2) is 13.5 Å². The zero-order valence-electron chi connectivity index (χ0n) is 84.6. The molecule has 17 rings (SSSR count). The molecule has 0 radical (unpaired) electrons. The van der Waals surface area contributed by atoms with Gasteiger partial charge in [0, 0.05) is 140 Å². The molecule has 2 fully saturated rings. The number of aryl methyl sites for hydroxylation is 12. The zero-order chi connectivity index (χ0) is 104. The van der Waals surface area contributed by atoms with E-state index in [0.29, 0.717) is 44.3 Å². The molecule has 3 unspecified atom stereocenters. The second-order valence-electron chi connectivity index (χ2n) is 37.8. The molecule has 15 aromatic rings. The molecule has 0 aliphatic heterocycles. The molecule has 0 bridgehead atoms. The number of aromatic amines is 3. The summed E-state index contributed by atoms with van der Waals surface area (Å²) in [6, 6.07) is 45.5. The molecule has 2 aliphatic carbocycles. The second kappa shape index (κ2) is 47.5. The third-order valence-electron chi connectivity index (χ3n) is 25.8. The molecule has 3 atom stereocenters. The average molecular weight is 2030 g/mol. The van der Waals surface area contributed by atoms with Crippen LogP contribution in [0, 0.1) is 124 Å². The molecule has 0 saturated heterocycles. The van der Waals surface area contributed by atoms with Gasteiger partial charge in [-0.15, -0.1) is 30.6 Å². The van der Waals surface area contributed by atoms with Gasteiger partial charge in [0.25, 0.3) is 11.8 Å². The molecule has 6 aromatic heterocycles. The topological polar surface area (TPSA) is 389 Å². The summed E-state index contributed by atoms with van der Waals surface area (Å²) >= 11 is 6.39. The van der Waals surface area contributed by atoms with E-state index in [9.17, 15) is 22.2 Å². The summed E-state index contributed by atoms with van der Waals surface area (Å²) in [6.45, 7) is 55.1. The number of nitrogens with one attached hydrogen (secondary N) is 9. The van der Waals surface area contributed by atoms with Crippen LogP contribution in [0.25, 0.3) is 51.1 Å². The van der Waals surface area contributed by atoms with Gasteiger partial charge in [0.2, 0.25) is 0 Å². The first-order chi connectivity index (χ1) is 68.2. The number of hydrogen-bond donors (Lipinski definition) is 9. The maximum atomic E-state index is 14.0. The fourth-order valence-corrected chi connectivity index (χ4v) is 20.7. The van der Waals surface area contributed by atoms with Crippen molar-refractivity contribution in [2.45, 2.75) is 226 Å². The van der Waals surface area contributed by atoms with Crippen molar-refractivity contribution in [2.24, 2.45) is 0 Å². The van der Waals surface area contributed by atoms with Crippen molar-refractivity contribution in [2.75, 3.05) is 44.2 Å². The normalized spacial score (nSPS) is 13.2. The average Bonchev–Trinajstić information content (AvgIpc) is 1.63. The van der Waals surface area contributed by atoms with Crippen molar-refractivity contribution in [3.8, 4) is 51.4 Å². The number of nitrogens with zero attached hydrogens (tertiary/aromatic N) is 11. The third-order valence-corrected chi connectivity index (χ3v) is 28.5. The van der Waals surface area contributed by atoms with Crippen molar-refractivity contribution in [1.82, 2.24) is 69.2 Å². The predicted octanol–water partition coefficient (Wildman–Crippen LogP) is 24.7. The fraction of sp³-hybridized carbons (Fsp3) is 0.336. The Hall–Kier alpha value is -13.6. The van der Waals surface area contributed by atoms with E-state index in [-0.39, 0.29) is 46.4 Å². The maximum absolute atomic E-state index is 14.0. The van der Waals surface area contributed by atoms with Crippen LogP contribution in [-0.2, 0) is 53.2 Å². The van der Waals surface area contributed by atoms with Gasteiger partial charge in [0.05, 0.1) is 22.0 Å². The zero-order valence-corrected chi connectivity index (χ0v) is 88.5. The number of anilines is 9. The minimum atomic E-state index is -2.11. The molecule has 2 amide bonds. The summed E-state index contributed by atoms with van der Waals surface area (Å²) in [5.74, 6) is 3.19. The van der Waals surface area contributed by atoms with E-state index >= 15 is 0 Å². The summed E-state index contributed by atoms with van der Waals surface area (Å²) in [7, 11) is 3.67. The summed E-state index contributed by atoms with van der Waals surface area (Å²) in [4.78, 5) is 31.4. The summed E-state index contributed by atoms with van der Waals surface area (Å²) < 4.78 is 93.5. The molecule has 2 aliphatic rings. The van der Waals surface area contributed by atoms with E-state index in [2.05, 4.69) is 211 Å². The molecule has 36 heteroatoms. The van der Waals surface area contributed by atoms with Crippen LogP contribution < -0.4 is 42.7 Å². The van der Waals surface area contributed by atoms with Gasteiger partial charge in [-0.1, -0.05) is 133 Å². The Balaban J connectivity index is 0.000000192. The summed E-state index contributed by atoms with van der Waals surface area (Å²) in [5.41, 5.74) is 31.5. The van der Waals surface area contributed by atoms with E-state index in [1.807, 2.05) is 160 Å². The number of fused-ring (bicyclic) bond motifs is 3. The van der Waals surface area contributed by atoms with Crippen LogP contribution in [0.1, 0.15) is 220 Å². The number of carbonyl (C=O) groups is 2. The van der Waals surface area contributed by atoms with E-state index in [1.54, 1.807) is 40.1 Å². The van der Waals surface area contributed by atoms with E-state index < -0.39 is 33.8 Å². The van der Waals surface area contributed by atoms with Crippen molar-refractivity contribution < 1.29 is 48.7 Å². The monoisotopic (exact) mass is 2030 g/mol. The van der Waals surface area contributed by atoms with Crippen LogP contribution in [0.3, 0.4) is 0 Å². The van der Waals surface area contributed by atoms with Gasteiger partial charge in [-0.2, -0.15) is 12.6 Å². The Labute approximate surface area is 852 Å². The van der Waals surface area contributed by atoms with Crippen LogP contribution in [0.5, 0.6) is 17.2 Å². The molecule has 748 valence electrons. The standard InChI is InChI=1S/C46H60N8O4S.C29H30Cl2N6O2S.C29H32N6O2S.3CO/c1-28-20-22-33(26-37(28)47-42-30(3)24-29(2)41(31(42)4)43-49-48-40-27-39(46(5,6)7)50-54(40)43)51-59(57)58-38-25-32(44(55)52(8)34-16-12-10-13-17-34)21-23-36(38)45(56)53(9)35-18-14-11-15-19-35;1-15(2)24-14-26-33-34-29(37(26)35-24)27-17(4)11-18(5)28(19(27)6)32-23-10-8-21(12-16(23)3)36-40(38)39-25-13-20(30)7-9-22(25)31;1-16-10-17(2)12-24(11-16)37-38(36)34-23-9-8-18(3)25(15-23)30-28-20(5)13-19(4)27(22(28)7)29-32-31-26-14-21(6)33-35(26)29;3*1-2/h20-27,34-35,47,50-51H,10-19H2,1-9H3;7-15,32,35-36H,1-6H3;8-15,30,33-34H,1-7H3;;;. The van der Waals surface area contributed by atoms with Gasteiger partial charge in [0.15, 0.2) is 45.9 Å². The summed E-state index contributed by atoms with van der Waals surface area (Å²) in [5, 5.41) is 48.7. The molecule has 2 saturated carbocycles. The molecule has 9 aromatic carbocycles. The Bertz CT molecular complexity index is 7320. The number of hydrogen-bond acceptors (Lipinski definition) is 17. The molecule has 0 spiro atoms. The van der Waals surface area contributed by atoms with Gasteiger partial charge in [-0.05, 0) is 298 Å². The van der Waals surface area contributed by atoms with Crippen LogP contribution in [-0.4, -0.2) is 120 Å². The summed E-state index contributed by atoms with van der Waals surface area (Å²) in [6.07, 6.45) is 10.5. The predicted molar refractivity (Wildman–Crippen MR) is 568 cm³/mol. The van der Waals surface area contributed by atoms with Crippen molar-refractivity contribution in [1.29, 1.82) is 0 Å². The first-order valence-corrected chi connectivity index (χ1v) is 50.9. The van der Waals surface area contributed by atoms with Crippen molar-refractivity contribution >= 4 is 137 Å². The number of halogens is 2. The molecule has 9 N–H and O–H groups in total. The number of rotatable bonds is 26. The Morgan fingerprint density at radius 1 is 0.427 bits per heavy atom. The van der Waals surface area contributed by atoms with Gasteiger partial charge in [-0.3, -0.25) is 39.1 Å². The van der Waals surface area contributed by atoms with E-state index in [0.717, 1.165) is 232 Å². The molecular weight excluding hydrogens is 1910 g/mol. The first-order valence-electron chi connectivity index (χ1n) is 46.9. The van der Waals surface area contributed by atoms with Crippen LogP contribution >= 0.6 is 23.2 Å². The number of aromatic nitrogens is 12. The minimum absolute atomic E-state index is 0.0768. The molecule has 31 nitrogen and oxygen atoms in total. The number of benzene rings is 9. The van der Waals surface area contributed by atoms with Gasteiger partial charge < -0.3 is 38.3 Å². The van der Waals surface area contributed by atoms with Crippen LogP contribution in [0.15, 0.2) is 146 Å². The number of amides is 2. The first kappa shape index (κ1) is 108. The van der Waals surface area contributed by atoms with Crippen LogP contribution in [0.2, 0.25) is 10.0 Å². The van der Waals surface area contributed by atoms with Crippen molar-refractivity contribution in [3.05, 3.63) is 282 Å². The van der Waals surface area contributed by atoms with Crippen LogP contribution in [0.4, 0.5) is 51.2 Å². The van der Waals surface area contributed by atoms with Gasteiger partial charge in [0.1, 0.15) is 5.75 Å². The Morgan fingerprint density at radius 3 is 1.31 bits per heavy atom. The molecule has 143 heavy (non-hydrogen) atoms. The molecule has 6 heterocycles. The van der Waals surface area contributed by atoms with E-state index in [4.69, 9.17) is 49.7 Å². The SMILES string of the molecule is Cc1cc(C)cc(OS(=O)Nc2ccc(C)c(Nc3c(C)cc(C)c(-c4nnc5cc(C)[nH]n45)c3C)c2)c1.Cc1cc(NS(=O)Oc2cc(Cl)ccc2Cl)ccc1Nc1c(C)cc(C)c(-c2nnc3cc(C(C)C)[nH]n23)c1C.Cc1ccc(NS(=O)Oc2cc(C(=O)N(C)C3CCCCC3)ccc2C(=O)N(C)C2CCCCC2)cc1Nc1c(C)cc(C)c(-c2nnc3cc(C(C)(C)C)[nH]n23)c1C.[C-]#[O+].[C-]#[O+].[C-]#[O+]. The number of H-pyrrole nitrogens is 3.